The van der Waals surface area contributed by atoms with Gasteiger partial charge in [-0.25, -0.2) is 24.1 Å². The van der Waals surface area contributed by atoms with E-state index in [0.717, 1.165) is 0 Å². The van der Waals surface area contributed by atoms with E-state index in [9.17, 15) is 29.1 Å². The molecule has 1 fully saturated rings. The van der Waals surface area contributed by atoms with E-state index in [1.807, 2.05) is 0 Å². The lowest BCUT2D eigenvalue weighted by Gasteiger charge is -2.18. The summed E-state index contributed by atoms with van der Waals surface area (Å²) in [6, 6.07) is 0. The SMILES string of the molecule is CCOP(=O)(O)OP(=O)(O)OC[C@H]1O[C@@H](n2cnc3c(N)ncnc32)C(O)[C@H]1O. The number of phosphoric acid groups is 2. The molecule has 1 saturated heterocycles. The first-order chi connectivity index (χ1) is 13.5. The lowest BCUT2D eigenvalue weighted by atomic mass is 10.1. The second-order valence-corrected chi connectivity index (χ2v) is 8.91. The topological polar surface area (TPSA) is 222 Å². The minimum absolute atomic E-state index is 0.0998. The first kappa shape index (κ1) is 22.2. The van der Waals surface area contributed by atoms with Gasteiger partial charge >= 0.3 is 15.6 Å². The maximum absolute atomic E-state index is 11.8. The Bertz CT molecular complexity index is 972. The van der Waals surface area contributed by atoms with Gasteiger partial charge in [0.2, 0.25) is 0 Å². The maximum atomic E-state index is 11.8. The molecule has 2 aromatic rings. The van der Waals surface area contributed by atoms with Gasteiger partial charge in [0.15, 0.2) is 17.7 Å². The maximum Gasteiger partial charge on any atom is 0.481 e. The highest BCUT2D eigenvalue weighted by molar-refractivity contribution is 7.61. The van der Waals surface area contributed by atoms with Crippen LogP contribution in [0.15, 0.2) is 12.7 Å². The van der Waals surface area contributed by atoms with Crippen molar-refractivity contribution in [2.45, 2.75) is 31.5 Å². The molecular weight excluding hydrogens is 436 g/mol. The third-order valence-electron chi connectivity index (χ3n) is 3.90. The number of imidazole rings is 1. The second-order valence-electron chi connectivity index (χ2n) is 5.86. The van der Waals surface area contributed by atoms with Crippen molar-refractivity contribution < 1.29 is 47.2 Å². The summed E-state index contributed by atoms with van der Waals surface area (Å²) in [5, 5.41) is 20.5. The van der Waals surface area contributed by atoms with E-state index >= 15 is 0 Å². The van der Waals surface area contributed by atoms with Crippen molar-refractivity contribution in [3.63, 3.8) is 0 Å². The molecule has 3 heterocycles. The Balaban J connectivity index is 1.70. The summed E-state index contributed by atoms with van der Waals surface area (Å²) in [6.07, 6.45) is -3.04. The number of rotatable bonds is 8. The molecule has 1 aliphatic heterocycles. The smallest absolute Gasteiger partial charge is 0.387 e. The van der Waals surface area contributed by atoms with Gasteiger partial charge in [0.1, 0.15) is 30.2 Å². The van der Waals surface area contributed by atoms with Gasteiger partial charge in [-0.05, 0) is 6.92 Å². The van der Waals surface area contributed by atoms with E-state index in [1.54, 1.807) is 0 Å². The first-order valence-electron chi connectivity index (χ1n) is 8.15. The number of aromatic nitrogens is 4. The van der Waals surface area contributed by atoms with E-state index in [4.69, 9.17) is 10.5 Å². The van der Waals surface area contributed by atoms with Gasteiger partial charge in [0.25, 0.3) is 0 Å². The summed E-state index contributed by atoms with van der Waals surface area (Å²) in [6.45, 7) is 0.370. The zero-order valence-electron chi connectivity index (χ0n) is 14.9. The van der Waals surface area contributed by atoms with E-state index in [0.29, 0.717) is 0 Å². The van der Waals surface area contributed by atoms with Crippen LogP contribution < -0.4 is 5.73 Å². The number of nitrogens with two attached hydrogens (primary N) is 1. The summed E-state index contributed by atoms with van der Waals surface area (Å²) in [5.74, 6) is 0.0998. The minimum atomic E-state index is -5.04. The van der Waals surface area contributed by atoms with Gasteiger partial charge in [0.05, 0.1) is 19.5 Å². The number of nitrogen functional groups attached to an aromatic ring is 1. The molecule has 6 atom stereocenters. The normalized spacial score (nSPS) is 29.0. The molecule has 162 valence electrons. The standard InChI is InChI=1S/C12H19N5O10P2/c1-2-24-28(20,21)27-29(22,23)25-3-6-8(18)9(19)12(26-6)17-5-16-7-10(13)14-4-15-11(7)17/h4-6,8-9,12,18-19H,2-3H2,1H3,(H,20,21)(H,22,23)(H2,13,14,15)/t6-,8+,9?,12-/m1/s1. The molecule has 29 heavy (non-hydrogen) atoms. The molecule has 3 unspecified atom stereocenters. The summed E-state index contributed by atoms with van der Waals surface area (Å²) < 4.78 is 43.1. The van der Waals surface area contributed by atoms with Crippen LogP contribution in [-0.4, -0.2) is 71.0 Å². The lowest BCUT2D eigenvalue weighted by molar-refractivity contribution is -0.0504. The molecule has 0 radical (unpaired) electrons. The van der Waals surface area contributed by atoms with E-state index in [-0.39, 0.29) is 23.6 Å². The Labute approximate surface area is 163 Å². The summed E-state index contributed by atoms with van der Waals surface area (Å²) in [7, 11) is -9.85. The minimum Gasteiger partial charge on any atom is -0.387 e. The van der Waals surface area contributed by atoms with E-state index in [1.165, 1.54) is 24.1 Å². The van der Waals surface area contributed by atoms with E-state index in [2.05, 4.69) is 28.3 Å². The number of anilines is 1. The Kier molecular flexibility index (Phi) is 6.36. The molecule has 2 aromatic heterocycles. The third kappa shape index (κ3) is 4.81. The number of hydrogen-bond acceptors (Lipinski definition) is 12. The monoisotopic (exact) mass is 455 g/mol. The average Bonchev–Trinajstić information content (AvgIpc) is 3.16. The number of hydrogen-bond donors (Lipinski definition) is 5. The highest BCUT2D eigenvalue weighted by Crippen LogP contribution is 2.60. The number of aliphatic hydroxyl groups excluding tert-OH is 2. The fourth-order valence-electron chi connectivity index (χ4n) is 2.66. The molecule has 0 amide bonds. The number of nitrogens with zero attached hydrogens (tertiary/aromatic N) is 4. The molecule has 0 saturated carbocycles. The fourth-order valence-corrected chi connectivity index (χ4v) is 4.74. The van der Waals surface area contributed by atoms with Crippen molar-refractivity contribution in [2.24, 2.45) is 0 Å². The average molecular weight is 455 g/mol. The predicted octanol–water partition coefficient (Wildman–Crippen LogP) is -0.702. The van der Waals surface area contributed by atoms with Crippen LogP contribution >= 0.6 is 15.6 Å². The van der Waals surface area contributed by atoms with Crippen LogP contribution in [0.4, 0.5) is 5.82 Å². The second kappa shape index (κ2) is 8.32. The predicted molar refractivity (Wildman–Crippen MR) is 94.0 cm³/mol. The van der Waals surface area contributed by atoms with Crippen LogP contribution in [0, 0.1) is 0 Å². The summed E-state index contributed by atoms with van der Waals surface area (Å²) in [5.41, 5.74) is 6.18. The van der Waals surface area contributed by atoms with Gasteiger partial charge in [-0.2, -0.15) is 4.31 Å². The zero-order valence-corrected chi connectivity index (χ0v) is 16.7. The Morgan fingerprint density at radius 3 is 2.55 bits per heavy atom. The third-order valence-corrected chi connectivity index (χ3v) is 6.61. The lowest BCUT2D eigenvalue weighted by Crippen LogP contribution is -2.33. The molecule has 6 N–H and O–H groups in total. The van der Waals surface area contributed by atoms with Crippen molar-refractivity contribution in [1.82, 2.24) is 19.5 Å². The molecule has 1 aliphatic rings. The van der Waals surface area contributed by atoms with Gasteiger partial charge in [-0.1, -0.05) is 0 Å². The Morgan fingerprint density at radius 2 is 1.86 bits per heavy atom. The quantitative estimate of drug-likeness (QED) is 0.311. The van der Waals surface area contributed by atoms with Crippen molar-refractivity contribution in [1.29, 1.82) is 0 Å². The number of phosphoric ester groups is 2. The van der Waals surface area contributed by atoms with Crippen LogP contribution in [0.1, 0.15) is 13.2 Å². The Morgan fingerprint density at radius 1 is 1.17 bits per heavy atom. The Hall–Kier alpha value is -1.51. The summed E-state index contributed by atoms with van der Waals surface area (Å²) in [4.78, 5) is 30.6. The highest BCUT2D eigenvalue weighted by atomic mass is 31.3. The van der Waals surface area contributed by atoms with Crippen LogP contribution in [0.3, 0.4) is 0 Å². The number of ether oxygens (including phenoxy) is 1. The van der Waals surface area contributed by atoms with Crippen LogP contribution in [0.25, 0.3) is 11.2 Å². The van der Waals surface area contributed by atoms with Crippen molar-refractivity contribution in [3.05, 3.63) is 12.7 Å². The molecule has 0 bridgehead atoms. The van der Waals surface area contributed by atoms with Gasteiger partial charge in [-0.3, -0.25) is 13.6 Å². The highest BCUT2D eigenvalue weighted by Gasteiger charge is 2.46. The van der Waals surface area contributed by atoms with Crippen LogP contribution in [-0.2, 0) is 27.2 Å². The molecule has 0 aliphatic carbocycles. The van der Waals surface area contributed by atoms with Crippen molar-refractivity contribution >= 4 is 32.6 Å². The summed E-state index contributed by atoms with van der Waals surface area (Å²) >= 11 is 0. The molecule has 0 spiro atoms. The van der Waals surface area contributed by atoms with Crippen LogP contribution in [0.2, 0.25) is 0 Å². The fraction of sp³-hybridized carbons (Fsp3) is 0.583. The zero-order chi connectivity index (χ0) is 21.4. The molecule has 0 aromatic carbocycles. The van der Waals surface area contributed by atoms with Gasteiger partial charge in [-0.15, -0.1) is 0 Å². The van der Waals surface area contributed by atoms with Gasteiger partial charge < -0.3 is 30.5 Å². The molecule has 3 rings (SSSR count). The molecule has 15 nitrogen and oxygen atoms in total. The number of aliphatic hydroxyl groups is 2. The molecular formula is C12H19N5O10P2. The van der Waals surface area contributed by atoms with Crippen LogP contribution in [0.5, 0.6) is 0 Å². The largest absolute Gasteiger partial charge is 0.481 e. The van der Waals surface area contributed by atoms with Gasteiger partial charge in [0, 0.05) is 0 Å². The van der Waals surface area contributed by atoms with Crippen molar-refractivity contribution in [2.75, 3.05) is 18.9 Å². The first-order valence-corrected chi connectivity index (χ1v) is 11.1. The van der Waals surface area contributed by atoms with Crippen molar-refractivity contribution in [3.8, 4) is 0 Å². The molecule has 17 heteroatoms. The number of fused-ring (bicyclic) bond motifs is 1. The van der Waals surface area contributed by atoms with E-state index < -0.39 is 46.8 Å².